The monoisotopic (exact) mass is 328 g/mol. The number of carbonyl (C=O) groups is 1. The van der Waals surface area contributed by atoms with Crippen LogP contribution < -0.4 is 10.2 Å². The van der Waals surface area contributed by atoms with E-state index in [4.69, 9.17) is 0 Å². The number of fused-ring (bicyclic) bond motifs is 1. The maximum atomic E-state index is 12.6. The molecule has 5 nitrogen and oxygen atoms in total. The number of nitrogens with zero attached hydrogens (tertiary/aromatic N) is 3. The second-order valence-corrected chi connectivity index (χ2v) is 6.76. The quantitative estimate of drug-likeness (QED) is 0.684. The maximum absolute atomic E-state index is 12.6. The first-order valence-electron chi connectivity index (χ1n) is 9.10. The number of benzene rings is 1. The lowest BCUT2D eigenvalue weighted by atomic mass is 10.00. The van der Waals surface area contributed by atoms with Gasteiger partial charge in [0.1, 0.15) is 6.54 Å². The lowest BCUT2D eigenvalue weighted by Gasteiger charge is -2.33. The Kier molecular flexibility index (Phi) is 5.38. The lowest BCUT2D eigenvalue weighted by molar-refractivity contribution is -0.117. The van der Waals surface area contributed by atoms with Crippen LogP contribution in [0.15, 0.2) is 29.3 Å². The molecule has 3 rings (SSSR count). The number of hydrogen-bond acceptors (Lipinski definition) is 2. The number of rotatable bonds is 3. The van der Waals surface area contributed by atoms with Crippen molar-refractivity contribution in [3.63, 3.8) is 0 Å². The highest BCUT2D eigenvalue weighted by atomic mass is 16.2. The zero-order valence-electron chi connectivity index (χ0n) is 14.8. The summed E-state index contributed by atoms with van der Waals surface area (Å²) in [7, 11) is 0. The van der Waals surface area contributed by atoms with Crippen LogP contribution >= 0.6 is 0 Å². The molecule has 1 saturated heterocycles. The SMILES string of the molecule is CCNC(=NCC(=O)N1CCc2ccccc21)N1CCC(C)CC1. The van der Waals surface area contributed by atoms with Gasteiger partial charge < -0.3 is 15.1 Å². The third-order valence-corrected chi connectivity index (χ3v) is 4.97. The van der Waals surface area contributed by atoms with E-state index in [-0.39, 0.29) is 12.5 Å². The molecule has 1 amide bonds. The highest BCUT2D eigenvalue weighted by Gasteiger charge is 2.24. The number of anilines is 1. The van der Waals surface area contributed by atoms with E-state index in [2.05, 4.69) is 35.1 Å². The first kappa shape index (κ1) is 16.8. The normalized spacial score (nSPS) is 18.7. The van der Waals surface area contributed by atoms with E-state index < -0.39 is 0 Å². The predicted octanol–water partition coefficient (Wildman–Crippen LogP) is 2.27. The number of carbonyl (C=O) groups excluding carboxylic acids is 1. The third kappa shape index (κ3) is 3.71. The zero-order chi connectivity index (χ0) is 16.9. The Hall–Kier alpha value is -2.04. The minimum absolute atomic E-state index is 0.0840. The van der Waals surface area contributed by atoms with Crippen molar-refractivity contribution in [2.45, 2.75) is 33.1 Å². The summed E-state index contributed by atoms with van der Waals surface area (Å²) in [6, 6.07) is 8.16. The first-order valence-corrected chi connectivity index (χ1v) is 9.10. The molecule has 2 heterocycles. The Morgan fingerprint density at radius 2 is 2.00 bits per heavy atom. The predicted molar refractivity (Wildman–Crippen MR) is 98.4 cm³/mol. The molecule has 1 N–H and O–H groups in total. The number of piperidine rings is 1. The van der Waals surface area contributed by atoms with Gasteiger partial charge >= 0.3 is 0 Å². The van der Waals surface area contributed by atoms with Crippen LogP contribution in [0.2, 0.25) is 0 Å². The molecule has 0 unspecified atom stereocenters. The van der Waals surface area contributed by atoms with Gasteiger partial charge in [0.25, 0.3) is 0 Å². The van der Waals surface area contributed by atoms with Crippen LogP contribution in [0.5, 0.6) is 0 Å². The van der Waals surface area contributed by atoms with E-state index >= 15 is 0 Å². The van der Waals surface area contributed by atoms with E-state index in [0.29, 0.717) is 0 Å². The largest absolute Gasteiger partial charge is 0.357 e. The molecule has 0 bridgehead atoms. The van der Waals surface area contributed by atoms with Gasteiger partial charge in [0, 0.05) is 31.9 Å². The Morgan fingerprint density at radius 3 is 2.75 bits per heavy atom. The summed E-state index contributed by atoms with van der Waals surface area (Å²) in [6.45, 7) is 8.22. The third-order valence-electron chi connectivity index (χ3n) is 4.97. The van der Waals surface area contributed by atoms with Gasteiger partial charge in [-0.3, -0.25) is 4.79 Å². The summed E-state index contributed by atoms with van der Waals surface area (Å²) < 4.78 is 0. The van der Waals surface area contributed by atoms with Crippen LogP contribution in [0.1, 0.15) is 32.3 Å². The summed E-state index contributed by atoms with van der Waals surface area (Å²) in [5.74, 6) is 1.75. The van der Waals surface area contributed by atoms with Crippen molar-refractivity contribution in [2.24, 2.45) is 10.9 Å². The summed E-state index contributed by atoms with van der Waals surface area (Å²) in [5, 5.41) is 3.34. The molecule has 2 aliphatic rings. The van der Waals surface area contributed by atoms with Gasteiger partial charge in [-0.05, 0) is 43.7 Å². The van der Waals surface area contributed by atoms with Crippen molar-refractivity contribution in [3.8, 4) is 0 Å². The molecule has 1 aromatic carbocycles. The molecule has 130 valence electrons. The summed E-state index contributed by atoms with van der Waals surface area (Å²) in [5.41, 5.74) is 2.31. The molecule has 0 spiro atoms. The van der Waals surface area contributed by atoms with Gasteiger partial charge in [-0.15, -0.1) is 0 Å². The van der Waals surface area contributed by atoms with Crippen molar-refractivity contribution in [3.05, 3.63) is 29.8 Å². The van der Waals surface area contributed by atoms with Crippen LogP contribution in [0, 0.1) is 5.92 Å². The molecule has 24 heavy (non-hydrogen) atoms. The molecule has 0 aliphatic carbocycles. The second-order valence-electron chi connectivity index (χ2n) is 6.76. The van der Waals surface area contributed by atoms with E-state index in [9.17, 15) is 4.79 Å². The molecule has 2 aliphatic heterocycles. The van der Waals surface area contributed by atoms with Crippen LogP contribution in [0.4, 0.5) is 5.69 Å². The van der Waals surface area contributed by atoms with Crippen molar-refractivity contribution in [1.82, 2.24) is 10.2 Å². The lowest BCUT2D eigenvalue weighted by Crippen LogP contribution is -2.46. The molecule has 1 aromatic rings. The fourth-order valence-electron chi connectivity index (χ4n) is 3.47. The molecule has 0 radical (unpaired) electrons. The van der Waals surface area contributed by atoms with Gasteiger partial charge in [-0.2, -0.15) is 0 Å². The number of para-hydroxylation sites is 1. The van der Waals surface area contributed by atoms with Crippen LogP contribution in [-0.4, -0.2) is 49.5 Å². The van der Waals surface area contributed by atoms with E-state index in [1.54, 1.807) is 0 Å². The number of hydrogen-bond donors (Lipinski definition) is 1. The first-order chi connectivity index (χ1) is 11.7. The van der Waals surface area contributed by atoms with Crippen LogP contribution in [0.25, 0.3) is 0 Å². The summed E-state index contributed by atoms with van der Waals surface area (Å²) in [6.07, 6.45) is 3.32. The highest BCUT2D eigenvalue weighted by molar-refractivity contribution is 5.98. The van der Waals surface area contributed by atoms with E-state index in [1.807, 2.05) is 23.1 Å². The van der Waals surface area contributed by atoms with E-state index in [1.165, 1.54) is 18.4 Å². The standard InChI is InChI=1S/C19H28N4O/c1-3-20-19(22-11-8-15(2)9-12-22)21-14-18(24)23-13-10-16-6-4-5-7-17(16)23/h4-7,15H,3,8-14H2,1-2H3,(H,20,21). The Balaban J connectivity index is 1.65. The van der Waals surface area contributed by atoms with Crippen LogP contribution in [0.3, 0.4) is 0 Å². The van der Waals surface area contributed by atoms with E-state index in [0.717, 1.165) is 50.2 Å². The number of likely N-dealkylation sites (tertiary alicyclic amines) is 1. The van der Waals surface area contributed by atoms with Gasteiger partial charge in [0.15, 0.2) is 5.96 Å². The van der Waals surface area contributed by atoms with Gasteiger partial charge in [0.2, 0.25) is 5.91 Å². The van der Waals surface area contributed by atoms with Gasteiger partial charge in [0.05, 0.1) is 0 Å². The molecule has 0 atom stereocenters. The second kappa shape index (κ2) is 7.69. The Bertz CT molecular complexity index is 605. The van der Waals surface area contributed by atoms with Gasteiger partial charge in [-0.25, -0.2) is 4.99 Å². The summed E-state index contributed by atoms with van der Waals surface area (Å²) in [4.78, 5) is 21.4. The van der Waals surface area contributed by atoms with Gasteiger partial charge in [-0.1, -0.05) is 25.1 Å². The average Bonchev–Trinajstić information content (AvgIpc) is 3.03. The Labute approximate surface area is 144 Å². The molecule has 0 aromatic heterocycles. The maximum Gasteiger partial charge on any atom is 0.248 e. The minimum Gasteiger partial charge on any atom is -0.357 e. The average molecular weight is 328 g/mol. The molecular weight excluding hydrogens is 300 g/mol. The number of aliphatic imine (C=N–C) groups is 1. The van der Waals surface area contributed by atoms with Crippen molar-refractivity contribution in [2.75, 3.05) is 37.6 Å². The smallest absolute Gasteiger partial charge is 0.248 e. The molecule has 1 fully saturated rings. The molecule has 0 saturated carbocycles. The minimum atomic E-state index is 0.0840. The van der Waals surface area contributed by atoms with Crippen LogP contribution in [-0.2, 0) is 11.2 Å². The van der Waals surface area contributed by atoms with Crippen molar-refractivity contribution in [1.29, 1.82) is 0 Å². The zero-order valence-corrected chi connectivity index (χ0v) is 14.8. The number of guanidine groups is 1. The molecular formula is C19H28N4O. The van der Waals surface area contributed by atoms with Crippen molar-refractivity contribution < 1.29 is 4.79 Å². The van der Waals surface area contributed by atoms with Crippen molar-refractivity contribution >= 4 is 17.6 Å². The fraction of sp³-hybridized carbons (Fsp3) is 0.579. The number of nitrogens with one attached hydrogen (secondary N) is 1. The summed E-state index contributed by atoms with van der Waals surface area (Å²) >= 11 is 0. The number of amides is 1. The topological polar surface area (TPSA) is 47.9 Å². The molecule has 5 heteroatoms. The fourth-order valence-corrected chi connectivity index (χ4v) is 3.47. The highest BCUT2D eigenvalue weighted by Crippen LogP contribution is 2.27. The Morgan fingerprint density at radius 1 is 1.25 bits per heavy atom.